The molecule has 0 amide bonds. The second-order valence-electron chi connectivity index (χ2n) is 6.27. The van der Waals surface area contributed by atoms with Gasteiger partial charge < -0.3 is 13.8 Å². The van der Waals surface area contributed by atoms with Gasteiger partial charge >= 0.3 is 0 Å². The number of ether oxygens (including phenoxy) is 1. The number of aromatic nitrogens is 6. The van der Waals surface area contributed by atoms with Gasteiger partial charge in [-0.05, 0) is 30.7 Å². The van der Waals surface area contributed by atoms with Gasteiger partial charge in [-0.25, -0.2) is 0 Å². The van der Waals surface area contributed by atoms with Crippen molar-refractivity contribution in [1.82, 2.24) is 29.9 Å². The number of nitrogens with zero attached hydrogens (tertiary/aromatic N) is 6. The lowest BCUT2D eigenvalue weighted by atomic mass is 10.2. The Hall–Kier alpha value is -3.20. The molecule has 4 rings (SSSR count). The number of pyridine rings is 1. The van der Waals surface area contributed by atoms with Gasteiger partial charge in [0.05, 0.1) is 12.7 Å². The van der Waals surface area contributed by atoms with Gasteiger partial charge in [0.15, 0.2) is 11.0 Å². The quantitative estimate of drug-likeness (QED) is 0.322. The molecular weight excluding hydrogens is 388 g/mol. The van der Waals surface area contributed by atoms with Crippen molar-refractivity contribution in [3.05, 3.63) is 54.7 Å². The molecule has 4 aromatic rings. The van der Waals surface area contributed by atoms with Crippen LogP contribution in [0.25, 0.3) is 22.8 Å². The van der Waals surface area contributed by atoms with Gasteiger partial charge in [-0.3, -0.25) is 4.98 Å². The first kappa shape index (κ1) is 19.1. The second kappa shape index (κ2) is 8.87. The van der Waals surface area contributed by atoms with Gasteiger partial charge in [-0.15, -0.1) is 10.2 Å². The highest BCUT2D eigenvalue weighted by Gasteiger charge is 2.15. The average Bonchev–Trinajstić information content (AvgIpc) is 3.39. The molecule has 0 bridgehead atoms. The molecule has 1 aromatic carbocycles. The van der Waals surface area contributed by atoms with E-state index in [1.165, 1.54) is 0 Å². The molecule has 0 saturated heterocycles. The van der Waals surface area contributed by atoms with E-state index in [2.05, 4.69) is 25.3 Å². The van der Waals surface area contributed by atoms with Crippen LogP contribution in [-0.2, 0) is 13.5 Å². The van der Waals surface area contributed by atoms with Crippen LogP contribution in [0.5, 0.6) is 5.75 Å². The molecule has 0 atom stereocenters. The lowest BCUT2D eigenvalue weighted by Gasteiger charge is -2.08. The summed E-state index contributed by atoms with van der Waals surface area (Å²) < 4.78 is 12.8. The lowest BCUT2D eigenvalue weighted by molar-refractivity contribution is 0.378. The third kappa shape index (κ3) is 4.29. The van der Waals surface area contributed by atoms with Gasteiger partial charge in [-0.1, -0.05) is 29.1 Å². The van der Waals surface area contributed by atoms with Crippen molar-refractivity contribution in [3.63, 3.8) is 0 Å². The molecule has 0 saturated carbocycles. The van der Waals surface area contributed by atoms with Crippen molar-refractivity contribution in [2.45, 2.75) is 18.0 Å². The first-order valence-electron chi connectivity index (χ1n) is 9.15. The zero-order valence-corrected chi connectivity index (χ0v) is 17.0. The fourth-order valence-electron chi connectivity index (χ4n) is 2.87. The molecular formula is C20H20N6O2S. The summed E-state index contributed by atoms with van der Waals surface area (Å²) in [5, 5.41) is 13.5. The molecule has 9 heteroatoms. The maximum Gasteiger partial charge on any atom is 0.226 e. The first-order chi connectivity index (χ1) is 14.3. The van der Waals surface area contributed by atoms with Crippen LogP contribution >= 0.6 is 11.8 Å². The van der Waals surface area contributed by atoms with E-state index in [0.29, 0.717) is 18.1 Å². The molecule has 0 aliphatic carbocycles. The van der Waals surface area contributed by atoms with Crippen molar-refractivity contribution >= 4 is 11.8 Å². The maximum absolute atomic E-state index is 5.43. The Morgan fingerprint density at radius 1 is 1.10 bits per heavy atom. The van der Waals surface area contributed by atoms with Crippen LogP contribution < -0.4 is 4.74 Å². The fraction of sp³-hybridized carbons (Fsp3) is 0.250. The second-order valence-corrected chi connectivity index (χ2v) is 7.33. The number of hydrogen-bond donors (Lipinski definition) is 0. The summed E-state index contributed by atoms with van der Waals surface area (Å²) >= 11 is 1.65. The van der Waals surface area contributed by atoms with Gasteiger partial charge in [-0.2, -0.15) is 4.98 Å². The van der Waals surface area contributed by atoms with Gasteiger partial charge in [0, 0.05) is 37.2 Å². The molecule has 0 radical (unpaired) electrons. The lowest BCUT2D eigenvalue weighted by Crippen LogP contribution is -1.97. The molecule has 3 heterocycles. The number of aryl methyl sites for hydroxylation is 1. The number of methoxy groups -OCH3 is 1. The van der Waals surface area contributed by atoms with Crippen LogP contribution in [0.2, 0.25) is 0 Å². The highest BCUT2D eigenvalue weighted by atomic mass is 32.2. The van der Waals surface area contributed by atoms with Gasteiger partial charge in [0.2, 0.25) is 11.7 Å². The Bertz CT molecular complexity index is 1080. The number of benzene rings is 1. The van der Waals surface area contributed by atoms with Crippen molar-refractivity contribution in [3.8, 4) is 28.5 Å². The highest BCUT2D eigenvalue weighted by molar-refractivity contribution is 7.99. The van der Waals surface area contributed by atoms with Crippen LogP contribution in [0.1, 0.15) is 12.3 Å². The first-order valence-corrected chi connectivity index (χ1v) is 10.1. The number of thioether (sulfide) groups is 1. The van der Waals surface area contributed by atoms with Crippen LogP contribution in [0.4, 0.5) is 0 Å². The summed E-state index contributed by atoms with van der Waals surface area (Å²) in [6.07, 6.45) is 5.02. The van der Waals surface area contributed by atoms with E-state index in [9.17, 15) is 0 Å². The molecule has 3 aromatic heterocycles. The van der Waals surface area contributed by atoms with Crippen molar-refractivity contribution < 1.29 is 9.26 Å². The topological polar surface area (TPSA) is 91.8 Å². The molecule has 0 spiro atoms. The third-order valence-electron chi connectivity index (χ3n) is 4.36. The standard InChI is InChI=1S/C20H20N6O2S/c1-26-19(15-6-3-4-7-16(15)27-2)23-24-20(26)29-13-5-8-17-22-18(25-28-17)14-9-11-21-12-10-14/h3-4,6-7,9-12H,5,8,13H2,1-2H3. The third-order valence-corrected chi connectivity index (χ3v) is 5.46. The minimum Gasteiger partial charge on any atom is -0.496 e. The Morgan fingerprint density at radius 3 is 2.76 bits per heavy atom. The Kier molecular flexibility index (Phi) is 5.85. The van der Waals surface area contributed by atoms with Crippen molar-refractivity contribution in [1.29, 1.82) is 0 Å². The molecule has 148 valence electrons. The summed E-state index contributed by atoms with van der Waals surface area (Å²) in [5.74, 6) is 3.64. The summed E-state index contributed by atoms with van der Waals surface area (Å²) in [4.78, 5) is 8.44. The van der Waals surface area contributed by atoms with Gasteiger partial charge in [0.25, 0.3) is 0 Å². The van der Waals surface area contributed by atoms with Crippen LogP contribution in [0.15, 0.2) is 58.5 Å². The molecule has 29 heavy (non-hydrogen) atoms. The Balaban J connectivity index is 1.34. The zero-order chi connectivity index (χ0) is 20.1. The van der Waals surface area contributed by atoms with Crippen LogP contribution in [-0.4, -0.2) is 42.8 Å². The van der Waals surface area contributed by atoms with Crippen LogP contribution in [0.3, 0.4) is 0 Å². The molecule has 0 aliphatic rings. The molecule has 0 aliphatic heterocycles. The highest BCUT2D eigenvalue weighted by Crippen LogP contribution is 2.30. The van der Waals surface area contributed by atoms with E-state index >= 15 is 0 Å². The maximum atomic E-state index is 5.43. The van der Waals surface area contributed by atoms with E-state index < -0.39 is 0 Å². The van der Waals surface area contributed by atoms with Crippen LogP contribution in [0, 0.1) is 0 Å². The van der Waals surface area contributed by atoms with E-state index in [4.69, 9.17) is 9.26 Å². The summed E-state index contributed by atoms with van der Waals surface area (Å²) in [5.41, 5.74) is 1.82. The van der Waals surface area contributed by atoms with E-state index in [1.807, 2.05) is 48.0 Å². The summed E-state index contributed by atoms with van der Waals surface area (Å²) in [6, 6.07) is 11.5. The zero-order valence-electron chi connectivity index (χ0n) is 16.1. The SMILES string of the molecule is COc1ccccc1-c1nnc(SCCCc2nc(-c3ccncc3)no2)n1C. The molecule has 0 N–H and O–H groups in total. The molecule has 0 fully saturated rings. The normalized spacial score (nSPS) is 11.0. The van der Waals surface area contributed by atoms with Gasteiger partial charge in [0.1, 0.15) is 5.75 Å². The average molecular weight is 408 g/mol. The van der Waals surface area contributed by atoms with E-state index in [1.54, 1.807) is 31.3 Å². The number of para-hydroxylation sites is 1. The monoisotopic (exact) mass is 408 g/mol. The predicted molar refractivity (Wildman–Crippen MR) is 110 cm³/mol. The largest absolute Gasteiger partial charge is 0.496 e. The minimum atomic E-state index is 0.588. The summed E-state index contributed by atoms with van der Waals surface area (Å²) in [7, 11) is 3.62. The predicted octanol–water partition coefficient (Wildman–Crippen LogP) is 3.66. The van der Waals surface area contributed by atoms with Crippen molar-refractivity contribution in [2.24, 2.45) is 7.05 Å². The van der Waals surface area contributed by atoms with Crippen molar-refractivity contribution in [2.75, 3.05) is 12.9 Å². The van der Waals surface area contributed by atoms with E-state index in [0.717, 1.165) is 40.0 Å². The minimum absolute atomic E-state index is 0.588. The Morgan fingerprint density at radius 2 is 1.93 bits per heavy atom. The number of hydrogen-bond acceptors (Lipinski definition) is 8. The fourth-order valence-corrected chi connectivity index (χ4v) is 3.72. The Labute approximate surface area is 172 Å². The molecule has 0 unspecified atom stereocenters. The molecule has 8 nitrogen and oxygen atoms in total. The van der Waals surface area contributed by atoms with E-state index in [-0.39, 0.29) is 0 Å². The summed E-state index contributed by atoms with van der Waals surface area (Å²) in [6.45, 7) is 0. The smallest absolute Gasteiger partial charge is 0.226 e. The number of rotatable bonds is 8.